The highest BCUT2D eigenvalue weighted by Gasteiger charge is 2.55. The normalized spacial score (nSPS) is 24.8. The van der Waals surface area contributed by atoms with Crippen molar-refractivity contribution < 1.29 is 14.4 Å². The van der Waals surface area contributed by atoms with E-state index >= 15 is 0 Å². The Balaban J connectivity index is 1.46. The molecule has 7 nitrogen and oxygen atoms in total. The molecule has 1 saturated heterocycles. The number of nitrogens with zero attached hydrogens (tertiary/aromatic N) is 2. The minimum Gasteiger partial charge on any atom is -0.323 e. The van der Waals surface area contributed by atoms with E-state index in [0.717, 1.165) is 40.8 Å². The lowest BCUT2D eigenvalue weighted by molar-refractivity contribution is -0.136. The van der Waals surface area contributed by atoms with Crippen LogP contribution in [0, 0.1) is 5.92 Å². The van der Waals surface area contributed by atoms with E-state index in [-0.39, 0.29) is 18.4 Å². The van der Waals surface area contributed by atoms with Gasteiger partial charge in [0.25, 0.3) is 5.91 Å². The van der Waals surface area contributed by atoms with Gasteiger partial charge in [0.1, 0.15) is 12.1 Å². The van der Waals surface area contributed by atoms with Gasteiger partial charge in [-0.1, -0.05) is 44.1 Å². The molecule has 2 atom stereocenters. The van der Waals surface area contributed by atoms with Crippen LogP contribution in [0.25, 0.3) is 10.2 Å². The number of benzene rings is 1. The van der Waals surface area contributed by atoms with Crippen LogP contribution in [0.1, 0.15) is 45.1 Å². The third-order valence-electron chi connectivity index (χ3n) is 5.91. The minimum absolute atomic E-state index is 0.0720. The molecule has 2 heterocycles. The molecule has 0 unspecified atom stereocenters. The van der Waals surface area contributed by atoms with Gasteiger partial charge in [0.2, 0.25) is 5.91 Å². The number of fused-ring (bicyclic) bond motifs is 1. The summed E-state index contributed by atoms with van der Waals surface area (Å²) in [6, 6.07) is 5.54. The van der Waals surface area contributed by atoms with Gasteiger partial charge in [-0.05, 0) is 42.9 Å². The van der Waals surface area contributed by atoms with Crippen LogP contribution in [0.15, 0.2) is 18.2 Å². The van der Waals surface area contributed by atoms with Gasteiger partial charge in [0.15, 0.2) is 5.13 Å². The van der Waals surface area contributed by atoms with Crippen molar-refractivity contribution in [2.24, 2.45) is 5.92 Å². The summed E-state index contributed by atoms with van der Waals surface area (Å²) < 4.78 is 1.000. The molecule has 28 heavy (non-hydrogen) atoms. The first-order valence-electron chi connectivity index (χ1n) is 9.76. The van der Waals surface area contributed by atoms with Crippen molar-refractivity contribution in [2.45, 2.75) is 51.5 Å². The summed E-state index contributed by atoms with van der Waals surface area (Å²) >= 11 is 1.39. The zero-order chi connectivity index (χ0) is 19.9. The summed E-state index contributed by atoms with van der Waals surface area (Å²) in [6.07, 6.45) is 4.43. The number of hydrogen-bond donors (Lipinski definition) is 2. The first kappa shape index (κ1) is 18.9. The van der Waals surface area contributed by atoms with Crippen molar-refractivity contribution in [2.75, 3.05) is 11.9 Å². The van der Waals surface area contributed by atoms with Crippen LogP contribution in [0.5, 0.6) is 0 Å². The van der Waals surface area contributed by atoms with E-state index in [0.29, 0.717) is 11.6 Å². The van der Waals surface area contributed by atoms with Gasteiger partial charge in [-0.25, -0.2) is 9.78 Å². The Kier molecular flexibility index (Phi) is 4.82. The molecular formula is C20H24N4O3S. The van der Waals surface area contributed by atoms with E-state index in [1.54, 1.807) is 0 Å². The van der Waals surface area contributed by atoms with Crippen LogP contribution in [-0.2, 0) is 16.0 Å². The van der Waals surface area contributed by atoms with Gasteiger partial charge in [0, 0.05) is 0 Å². The van der Waals surface area contributed by atoms with Gasteiger partial charge >= 0.3 is 6.03 Å². The maximum absolute atomic E-state index is 13.0. The number of anilines is 1. The Hall–Kier alpha value is -2.48. The van der Waals surface area contributed by atoms with E-state index in [1.165, 1.54) is 16.9 Å². The fourth-order valence-electron chi connectivity index (χ4n) is 4.18. The Bertz CT molecular complexity index is 956. The van der Waals surface area contributed by atoms with E-state index < -0.39 is 17.5 Å². The Morgan fingerprint density at radius 3 is 2.96 bits per heavy atom. The van der Waals surface area contributed by atoms with Gasteiger partial charge in [-0.15, -0.1) is 0 Å². The van der Waals surface area contributed by atoms with Crippen molar-refractivity contribution in [3.05, 3.63) is 23.8 Å². The molecule has 2 fully saturated rings. The number of carbonyl (C=O) groups is 3. The predicted octanol–water partition coefficient (Wildman–Crippen LogP) is 3.30. The van der Waals surface area contributed by atoms with Crippen LogP contribution in [0.3, 0.4) is 0 Å². The second-order valence-corrected chi connectivity index (χ2v) is 8.69. The van der Waals surface area contributed by atoms with Gasteiger partial charge in [0.05, 0.1) is 10.2 Å². The van der Waals surface area contributed by atoms with Gasteiger partial charge in [-0.2, -0.15) is 0 Å². The van der Waals surface area contributed by atoms with Gasteiger partial charge in [-0.3, -0.25) is 14.5 Å². The van der Waals surface area contributed by atoms with Crippen LogP contribution in [0.2, 0.25) is 0 Å². The van der Waals surface area contributed by atoms with Crippen molar-refractivity contribution in [1.29, 1.82) is 0 Å². The minimum atomic E-state index is -0.845. The number of carbonyl (C=O) groups excluding carboxylic acids is 3. The topological polar surface area (TPSA) is 91.4 Å². The number of aryl methyl sites for hydroxylation is 1. The van der Waals surface area contributed by atoms with Crippen molar-refractivity contribution >= 4 is 44.5 Å². The van der Waals surface area contributed by atoms with Crippen LogP contribution in [-0.4, -0.2) is 39.8 Å². The van der Waals surface area contributed by atoms with Crippen molar-refractivity contribution in [3.8, 4) is 0 Å². The Labute approximate surface area is 167 Å². The fraction of sp³-hybridized carbons (Fsp3) is 0.500. The zero-order valence-electron chi connectivity index (χ0n) is 16.1. The lowest BCUT2D eigenvalue weighted by Gasteiger charge is -2.36. The summed E-state index contributed by atoms with van der Waals surface area (Å²) in [7, 11) is 0. The number of thiazole rings is 1. The number of nitrogens with one attached hydrogen (secondary N) is 2. The smallest absolute Gasteiger partial charge is 0.323 e. The standard InChI is InChI=1S/C20H24N4O3S/c1-3-13-7-8-14-15(10-13)28-18(21-14)22-16(25)11-24-17(26)20(23-19(24)27)9-5-4-6-12(20)2/h7-8,10,12H,3-6,9,11H2,1-2H3,(H,23,27)(H,21,22,25)/t12-,20+/m0/s1. The van der Waals surface area contributed by atoms with Crippen LogP contribution < -0.4 is 10.6 Å². The number of aromatic nitrogens is 1. The molecule has 1 aromatic heterocycles. The molecule has 1 saturated carbocycles. The molecule has 1 aliphatic heterocycles. The molecule has 2 N–H and O–H groups in total. The molecule has 2 aliphatic rings. The number of amides is 4. The summed E-state index contributed by atoms with van der Waals surface area (Å²) in [5, 5.41) is 6.07. The SMILES string of the molecule is CCc1ccc2nc(NC(=O)CN3C(=O)N[C@@]4(CCCC[C@@H]4C)C3=O)sc2c1. The molecule has 0 radical (unpaired) electrons. The molecule has 0 bridgehead atoms. The second-order valence-electron chi connectivity index (χ2n) is 7.66. The lowest BCUT2D eigenvalue weighted by atomic mass is 9.73. The number of hydrogen-bond acceptors (Lipinski definition) is 5. The monoisotopic (exact) mass is 400 g/mol. The average molecular weight is 401 g/mol. The largest absolute Gasteiger partial charge is 0.325 e. The molecule has 1 spiro atoms. The number of urea groups is 1. The fourth-order valence-corrected chi connectivity index (χ4v) is 5.13. The Morgan fingerprint density at radius 1 is 1.39 bits per heavy atom. The Morgan fingerprint density at radius 2 is 2.21 bits per heavy atom. The second kappa shape index (κ2) is 7.16. The first-order valence-corrected chi connectivity index (χ1v) is 10.6. The third-order valence-corrected chi connectivity index (χ3v) is 6.84. The maximum Gasteiger partial charge on any atom is 0.325 e. The van der Waals surface area contributed by atoms with Crippen LogP contribution in [0.4, 0.5) is 9.93 Å². The molecule has 2 aromatic rings. The predicted molar refractivity (Wildman–Crippen MR) is 108 cm³/mol. The molecular weight excluding hydrogens is 376 g/mol. The quantitative estimate of drug-likeness (QED) is 0.771. The average Bonchev–Trinajstić information content (AvgIpc) is 3.17. The molecule has 1 aliphatic carbocycles. The summed E-state index contributed by atoms with van der Waals surface area (Å²) in [4.78, 5) is 43.3. The summed E-state index contributed by atoms with van der Waals surface area (Å²) in [5.41, 5.74) is 1.19. The zero-order valence-corrected chi connectivity index (χ0v) is 16.9. The summed E-state index contributed by atoms with van der Waals surface area (Å²) in [5.74, 6) is -0.627. The molecule has 1 aromatic carbocycles. The highest BCUT2D eigenvalue weighted by atomic mass is 32.1. The molecule has 8 heteroatoms. The van der Waals surface area contributed by atoms with E-state index in [1.807, 2.05) is 19.1 Å². The number of imide groups is 1. The van der Waals surface area contributed by atoms with E-state index in [9.17, 15) is 14.4 Å². The van der Waals surface area contributed by atoms with E-state index in [2.05, 4.69) is 28.6 Å². The van der Waals surface area contributed by atoms with Crippen molar-refractivity contribution in [3.63, 3.8) is 0 Å². The van der Waals surface area contributed by atoms with Crippen LogP contribution >= 0.6 is 11.3 Å². The van der Waals surface area contributed by atoms with E-state index in [4.69, 9.17) is 0 Å². The third kappa shape index (κ3) is 3.15. The lowest BCUT2D eigenvalue weighted by Crippen LogP contribution is -2.54. The molecule has 4 rings (SSSR count). The molecule has 4 amide bonds. The van der Waals surface area contributed by atoms with Crippen molar-refractivity contribution in [1.82, 2.24) is 15.2 Å². The first-order chi connectivity index (χ1) is 13.4. The maximum atomic E-state index is 13.0. The molecule has 148 valence electrons. The summed E-state index contributed by atoms with van der Waals surface area (Å²) in [6.45, 7) is 3.78. The highest BCUT2D eigenvalue weighted by molar-refractivity contribution is 7.22. The highest BCUT2D eigenvalue weighted by Crippen LogP contribution is 2.38. The number of rotatable bonds is 4. The van der Waals surface area contributed by atoms with Gasteiger partial charge < -0.3 is 10.6 Å².